The predicted octanol–water partition coefficient (Wildman–Crippen LogP) is 5.51. The van der Waals surface area contributed by atoms with E-state index in [0.717, 1.165) is 0 Å². The summed E-state index contributed by atoms with van der Waals surface area (Å²) in [4.78, 5) is 36.6. The Balaban J connectivity index is 1.59. The summed E-state index contributed by atoms with van der Waals surface area (Å²) in [6, 6.07) is 15.6. The van der Waals surface area contributed by atoms with Crippen molar-refractivity contribution in [2.24, 2.45) is 5.10 Å². The van der Waals surface area contributed by atoms with Crippen LogP contribution in [0.1, 0.15) is 26.3 Å². The maximum absolute atomic E-state index is 12.4. The van der Waals surface area contributed by atoms with Crippen molar-refractivity contribution in [2.45, 2.75) is 0 Å². The number of hydrogen-bond acceptors (Lipinski definition) is 5. The molecule has 0 saturated carbocycles. The topological polar surface area (TPSA) is 96.9 Å². The van der Waals surface area contributed by atoms with E-state index in [0.29, 0.717) is 25.6 Å². The minimum Gasteiger partial charge on any atom is -0.422 e. The molecule has 0 aliphatic rings. The molecule has 0 aromatic heterocycles. The van der Waals surface area contributed by atoms with E-state index in [1.54, 1.807) is 42.5 Å². The van der Waals surface area contributed by atoms with Crippen molar-refractivity contribution in [3.63, 3.8) is 0 Å². The monoisotopic (exact) mass is 581 g/mol. The van der Waals surface area contributed by atoms with Crippen molar-refractivity contribution in [2.75, 3.05) is 6.54 Å². The number of carbonyl (C=O) groups excluding carboxylic acids is 3. The zero-order chi connectivity index (χ0) is 24.7. The average molecular weight is 584 g/mol. The highest BCUT2D eigenvalue weighted by molar-refractivity contribution is 9.10. The van der Waals surface area contributed by atoms with E-state index in [-0.39, 0.29) is 22.9 Å². The van der Waals surface area contributed by atoms with Crippen LogP contribution in [0.2, 0.25) is 15.1 Å². The van der Waals surface area contributed by atoms with Gasteiger partial charge >= 0.3 is 5.97 Å². The number of hydrogen-bond donors (Lipinski definition) is 2. The van der Waals surface area contributed by atoms with Crippen LogP contribution in [0.15, 0.2) is 70.2 Å². The van der Waals surface area contributed by atoms with Crippen LogP contribution in [0.3, 0.4) is 0 Å². The second-order valence-corrected chi connectivity index (χ2v) is 8.85. The van der Waals surface area contributed by atoms with Crippen LogP contribution in [0, 0.1) is 0 Å². The summed E-state index contributed by atoms with van der Waals surface area (Å²) in [6.45, 7) is -0.326. The molecule has 0 spiro atoms. The fourth-order valence-corrected chi connectivity index (χ4v) is 3.37. The average Bonchev–Trinajstić information content (AvgIpc) is 2.81. The Kier molecular flexibility index (Phi) is 9.06. The van der Waals surface area contributed by atoms with Crippen molar-refractivity contribution < 1.29 is 19.1 Å². The van der Waals surface area contributed by atoms with Gasteiger partial charge in [0.25, 0.3) is 11.8 Å². The molecule has 3 aromatic rings. The Hall–Kier alpha value is -2.91. The minimum atomic E-state index is -0.581. The fraction of sp³-hybridized carbons (Fsp3) is 0.0435. The molecule has 174 valence electrons. The number of halogens is 4. The van der Waals surface area contributed by atoms with Gasteiger partial charge in [0.1, 0.15) is 5.75 Å². The molecule has 34 heavy (non-hydrogen) atoms. The van der Waals surface area contributed by atoms with Crippen molar-refractivity contribution in [3.05, 3.63) is 96.9 Å². The van der Waals surface area contributed by atoms with Crippen LogP contribution >= 0.6 is 50.7 Å². The second-order valence-electron chi connectivity index (χ2n) is 6.68. The lowest BCUT2D eigenvalue weighted by Crippen LogP contribution is -2.34. The van der Waals surface area contributed by atoms with E-state index in [2.05, 4.69) is 31.8 Å². The molecule has 0 unspecified atom stereocenters. The molecule has 0 radical (unpaired) electrons. The van der Waals surface area contributed by atoms with Gasteiger partial charge in [-0.05, 0) is 60.7 Å². The van der Waals surface area contributed by atoms with Gasteiger partial charge in [0.2, 0.25) is 0 Å². The van der Waals surface area contributed by atoms with E-state index in [1.165, 1.54) is 24.4 Å². The number of amides is 2. The summed E-state index contributed by atoms with van der Waals surface area (Å²) in [5.74, 6) is -1.42. The summed E-state index contributed by atoms with van der Waals surface area (Å²) < 4.78 is 6.15. The predicted molar refractivity (Wildman–Crippen MR) is 135 cm³/mol. The van der Waals surface area contributed by atoms with E-state index in [1.807, 2.05) is 0 Å². The molecule has 0 heterocycles. The van der Waals surface area contributed by atoms with Crippen LogP contribution in [-0.4, -0.2) is 30.5 Å². The molecule has 0 aliphatic carbocycles. The smallest absolute Gasteiger partial charge is 0.343 e. The fourth-order valence-electron chi connectivity index (χ4n) is 2.57. The lowest BCUT2D eigenvalue weighted by atomic mass is 10.2. The number of hydrazone groups is 1. The van der Waals surface area contributed by atoms with E-state index in [9.17, 15) is 14.4 Å². The molecule has 0 bridgehead atoms. The highest BCUT2D eigenvalue weighted by atomic mass is 79.9. The van der Waals surface area contributed by atoms with Gasteiger partial charge in [-0.15, -0.1) is 0 Å². The second kappa shape index (κ2) is 12.0. The minimum absolute atomic E-state index is 0.227. The Morgan fingerprint density at radius 2 is 1.62 bits per heavy atom. The number of nitrogens with zero attached hydrogens (tertiary/aromatic N) is 1. The standard InChI is InChI=1S/C23H15BrCl3N3O4/c24-16-4-8-20(34-23(33)13-1-5-17(25)6-2-13)15(9-16)11-29-30-21(31)12-28-22(32)14-3-7-18(26)19(27)10-14/h1-11H,12H2,(H,28,32)(H,30,31)/b29-11+. The summed E-state index contributed by atoms with van der Waals surface area (Å²) in [6.07, 6.45) is 1.31. The van der Waals surface area contributed by atoms with Gasteiger partial charge in [0, 0.05) is 20.6 Å². The number of esters is 1. The van der Waals surface area contributed by atoms with Crippen molar-refractivity contribution >= 4 is 74.7 Å². The molecule has 0 saturated heterocycles. The van der Waals surface area contributed by atoms with Crippen molar-refractivity contribution in [3.8, 4) is 5.75 Å². The first-order valence-corrected chi connectivity index (χ1v) is 11.5. The summed E-state index contributed by atoms with van der Waals surface area (Å²) >= 11 is 20.9. The summed E-state index contributed by atoms with van der Waals surface area (Å²) in [5.41, 5.74) is 3.30. The number of benzene rings is 3. The molecular weight excluding hydrogens is 569 g/mol. The van der Waals surface area contributed by atoms with Gasteiger partial charge in [-0.2, -0.15) is 5.10 Å². The lowest BCUT2D eigenvalue weighted by molar-refractivity contribution is -0.120. The van der Waals surface area contributed by atoms with Gasteiger partial charge in [-0.1, -0.05) is 50.7 Å². The Morgan fingerprint density at radius 3 is 2.32 bits per heavy atom. The van der Waals surface area contributed by atoms with E-state index in [4.69, 9.17) is 39.5 Å². The Morgan fingerprint density at radius 1 is 0.912 bits per heavy atom. The van der Waals surface area contributed by atoms with Crippen LogP contribution in [0.25, 0.3) is 0 Å². The zero-order valence-electron chi connectivity index (χ0n) is 17.2. The van der Waals surface area contributed by atoms with Crippen LogP contribution in [-0.2, 0) is 4.79 Å². The molecule has 7 nitrogen and oxygen atoms in total. The van der Waals surface area contributed by atoms with Crippen molar-refractivity contribution in [1.29, 1.82) is 0 Å². The number of ether oxygens (including phenoxy) is 1. The summed E-state index contributed by atoms with van der Waals surface area (Å²) in [5, 5.41) is 7.36. The number of rotatable bonds is 7. The maximum Gasteiger partial charge on any atom is 0.343 e. The van der Waals surface area contributed by atoms with Crippen LogP contribution in [0.5, 0.6) is 5.75 Å². The Labute approximate surface area is 218 Å². The molecular formula is C23H15BrCl3N3O4. The molecule has 11 heteroatoms. The number of nitrogens with one attached hydrogen (secondary N) is 2. The largest absolute Gasteiger partial charge is 0.422 e. The number of carbonyl (C=O) groups is 3. The van der Waals surface area contributed by atoms with Gasteiger partial charge in [0.15, 0.2) is 0 Å². The Bertz CT molecular complexity index is 1270. The highest BCUT2D eigenvalue weighted by Gasteiger charge is 2.12. The van der Waals surface area contributed by atoms with E-state index < -0.39 is 17.8 Å². The zero-order valence-corrected chi connectivity index (χ0v) is 21.0. The third-order valence-electron chi connectivity index (χ3n) is 4.24. The van der Waals surface area contributed by atoms with Gasteiger partial charge in [0.05, 0.1) is 28.4 Å². The lowest BCUT2D eigenvalue weighted by Gasteiger charge is -2.08. The molecule has 0 aliphatic heterocycles. The van der Waals surface area contributed by atoms with E-state index >= 15 is 0 Å². The maximum atomic E-state index is 12.4. The quantitative estimate of drug-likeness (QED) is 0.166. The molecule has 2 N–H and O–H groups in total. The molecule has 0 fully saturated rings. The third kappa shape index (κ3) is 7.30. The first kappa shape index (κ1) is 25.7. The molecule has 3 aromatic carbocycles. The summed E-state index contributed by atoms with van der Waals surface area (Å²) in [7, 11) is 0. The normalized spacial score (nSPS) is 10.7. The third-order valence-corrected chi connectivity index (χ3v) is 5.72. The first-order valence-electron chi connectivity index (χ1n) is 9.55. The van der Waals surface area contributed by atoms with Gasteiger partial charge in [-0.25, -0.2) is 10.2 Å². The molecule has 0 atom stereocenters. The SMILES string of the molecule is O=C(CNC(=O)c1ccc(Cl)c(Cl)c1)N/N=C/c1cc(Br)ccc1OC(=O)c1ccc(Cl)cc1. The van der Waals surface area contributed by atoms with Gasteiger partial charge < -0.3 is 10.1 Å². The van der Waals surface area contributed by atoms with Crippen molar-refractivity contribution in [1.82, 2.24) is 10.7 Å². The molecule has 2 amide bonds. The van der Waals surface area contributed by atoms with Crippen LogP contribution in [0.4, 0.5) is 0 Å². The first-order chi connectivity index (χ1) is 16.2. The molecule has 3 rings (SSSR count). The highest BCUT2D eigenvalue weighted by Crippen LogP contribution is 2.24. The van der Waals surface area contributed by atoms with Crippen LogP contribution < -0.4 is 15.5 Å². The van der Waals surface area contributed by atoms with Gasteiger partial charge in [-0.3, -0.25) is 9.59 Å².